The first-order chi connectivity index (χ1) is 18.8. The van der Waals surface area contributed by atoms with Gasteiger partial charge in [0.25, 0.3) is 0 Å². The number of likely N-dealkylation sites (tertiary alicyclic amines) is 2. The number of nitrogens with zero attached hydrogens (tertiary/aromatic N) is 3. The van der Waals surface area contributed by atoms with Crippen molar-refractivity contribution < 1.29 is 9.53 Å². The van der Waals surface area contributed by atoms with E-state index in [9.17, 15) is 4.79 Å². The van der Waals surface area contributed by atoms with Crippen LogP contribution in [0.1, 0.15) is 59.1 Å². The Hall–Kier alpha value is -3.38. The van der Waals surface area contributed by atoms with Gasteiger partial charge in [-0.3, -0.25) is 4.79 Å². The van der Waals surface area contributed by atoms with E-state index in [-0.39, 0.29) is 5.91 Å². The van der Waals surface area contributed by atoms with Crippen molar-refractivity contribution in [2.24, 2.45) is 0 Å². The number of carbonyl (C=O) groups excluding carboxylic acids is 1. The maximum atomic E-state index is 13.0. The zero-order valence-corrected chi connectivity index (χ0v) is 23.9. The van der Waals surface area contributed by atoms with Crippen LogP contribution in [0.3, 0.4) is 0 Å². The maximum absolute atomic E-state index is 13.0. The first-order valence-electron chi connectivity index (χ1n) is 14.4. The Bertz CT molecular complexity index is 1290. The summed E-state index contributed by atoms with van der Waals surface area (Å²) in [7, 11) is 0. The van der Waals surface area contributed by atoms with Gasteiger partial charge in [-0.05, 0) is 111 Å². The summed E-state index contributed by atoms with van der Waals surface area (Å²) in [6.07, 6.45) is 7.06. The zero-order valence-electron chi connectivity index (χ0n) is 23.9. The first-order valence-corrected chi connectivity index (χ1v) is 14.4. The Morgan fingerprint density at radius 3 is 2.21 bits per heavy atom. The van der Waals surface area contributed by atoms with E-state index in [2.05, 4.69) is 55.8 Å². The van der Waals surface area contributed by atoms with E-state index < -0.39 is 0 Å². The smallest absolute Gasteiger partial charge is 0.226 e. The molecule has 0 radical (unpaired) electrons. The van der Waals surface area contributed by atoms with Gasteiger partial charge in [0, 0.05) is 30.9 Å². The fourth-order valence-corrected chi connectivity index (χ4v) is 6.08. The molecule has 2 aromatic carbocycles. The van der Waals surface area contributed by atoms with Crippen molar-refractivity contribution in [3.8, 4) is 16.9 Å². The molecule has 1 aromatic heterocycles. The molecular weight excluding hydrogens is 484 g/mol. The Kier molecular flexibility index (Phi) is 8.22. The number of hydrogen-bond donors (Lipinski definition) is 1. The molecule has 6 nitrogen and oxygen atoms in total. The van der Waals surface area contributed by atoms with Crippen LogP contribution in [0.5, 0.6) is 5.75 Å². The number of anilines is 1. The number of hydrogen-bond acceptors (Lipinski definition) is 5. The van der Waals surface area contributed by atoms with Gasteiger partial charge in [-0.2, -0.15) is 0 Å². The summed E-state index contributed by atoms with van der Waals surface area (Å²) in [6, 6.07) is 13.0. The average Bonchev–Trinajstić information content (AvgIpc) is 3.49. The monoisotopic (exact) mass is 526 g/mol. The van der Waals surface area contributed by atoms with Gasteiger partial charge in [0.1, 0.15) is 6.61 Å². The Labute approximate surface area is 233 Å². The molecule has 3 heterocycles. The molecule has 0 bridgehead atoms. The van der Waals surface area contributed by atoms with E-state index in [1.807, 2.05) is 23.1 Å². The molecule has 6 heteroatoms. The summed E-state index contributed by atoms with van der Waals surface area (Å²) in [4.78, 5) is 22.1. The van der Waals surface area contributed by atoms with Crippen LogP contribution in [0.4, 0.5) is 5.82 Å². The van der Waals surface area contributed by atoms with Crippen LogP contribution < -0.4 is 10.5 Å². The van der Waals surface area contributed by atoms with E-state index in [1.54, 1.807) is 6.20 Å². The molecule has 0 spiro atoms. The minimum Gasteiger partial charge on any atom is -0.485 e. The molecule has 2 fully saturated rings. The van der Waals surface area contributed by atoms with Gasteiger partial charge >= 0.3 is 0 Å². The molecular formula is C33H42N4O2. The zero-order chi connectivity index (χ0) is 27.5. The van der Waals surface area contributed by atoms with Gasteiger partial charge in [-0.25, -0.2) is 4.98 Å². The number of aromatic nitrogens is 1. The largest absolute Gasteiger partial charge is 0.485 e. The van der Waals surface area contributed by atoms with E-state index in [4.69, 9.17) is 10.5 Å². The van der Waals surface area contributed by atoms with Crippen molar-refractivity contribution in [1.29, 1.82) is 0 Å². The summed E-state index contributed by atoms with van der Waals surface area (Å²) >= 11 is 0. The van der Waals surface area contributed by atoms with Gasteiger partial charge in [0.05, 0.1) is 6.42 Å². The number of pyridine rings is 1. The lowest BCUT2D eigenvalue weighted by molar-refractivity contribution is -0.132. The van der Waals surface area contributed by atoms with E-state index in [1.165, 1.54) is 53.7 Å². The normalized spacial score (nSPS) is 16.6. The minimum atomic E-state index is 0.226. The topological polar surface area (TPSA) is 71.7 Å². The van der Waals surface area contributed by atoms with Crippen LogP contribution in [0, 0.1) is 27.7 Å². The van der Waals surface area contributed by atoms with Crippen molar-refractivity contribution in [2.45, 2.75) is 72.4 Å². The summed E-state index contributed by atoms with van der Waals surface area (Å²) in [5.74, 6) is 1.20. The highest BCUT2D eigenvalue weighted by Gasteiger charge is 2.28. The highest BCUT2D eigenvalue weighted by atomic mass is 16.5. The van der Waals surface area contributed by atoms with Crippen molar-refractivity contribution in [2.75, 3.05) is 31.9 Å². The van der Waals surface area contributed by atoms with Crippen molar-refractivity contribution in [3.05, 3.63) is 76.0 Å². The number of ether oxygens (including phenoxy) is 1. The minimum absolute atomic E-state index is 0.226. The molecule has 0 atom stereocenters. The molecule has 1 amide bonds. The molecule has 0 aliphatic carbocycles. The molecule has 3 aromatic rings. The number of aryl methyl sites for hydroxylation is 2. The van der Waals surface area contributed by atoms with E-state index in [0.29, 0.717) is 30.6 Å². The van der Waals surface area contributed by atoms with Gasteiger partial charge in [0.15, 0.2) is 11.6 Å². The van der Waals surface area contributed by atoms with Crippen molar-refractivity contribution >= 4 is 11.7 Å². The van der Waals surface area contributed by atoms with E-state index in [0.717, 1.165) is 42.6 Å². The lowest BCUT2D eigenvalue weighted by Crippen LogP contribution is -2.46. The lowest BCUT2D eigenvalue weighted by Gasteiger charge is -2.36. The third kappa shape index (κ3) is 6.11. The third-order valence-corrected chi connectivity index (χ3v) is 8.89. The number of carbonyl (C=O) groups is 1. The molecule has 39 heavy (non-hydrogen) atoms. The first kappa shape index (κ1) is 27.2. The SMILES string of the molecule is Cc1cc(C)c(C)c(COc2cc(-c3ccc(CC(=O)N4CCC(N5CCCC5)CC4)cc3)cnc2N)c1C. The van der Waals surface area contributed by atoms with Crippen LogP contribution in [-0.4, -0.2) is 52.9 Å². The fourth-order valence-electron chi connectivity index (χ4n) is 6.08. The molecule has 2 saturated heterocycles. The number of piperidine rings is 1. The average molecular weight is 527 g/mol. The van der Waals surface area contributed by atoms with Crippen LogP contribution in [0.2, 0.25) is 0 Å². The molecule has 2 aliphatic rings. The quantitative estimate of drug-likeness (QED) is 0.423. The van der Waals surface area contributed by atoms with Gasteiger partial charge in [-0.15, -0.1) is 0 Å². The third-order valence-electron chi connectivity index (χ3n) is 8.89. The Morgan fingerprint density at radius 1 is 0.923 bits per heavy atom. The van der Waals surface area contributed by atoms with Crippen LogP contribution in [0.15, 0.2) is 42.6 Å². The predicted octanol–water partition coefficient (Wildman–Crippen LogP) is 5.77. The van der Waals surface area contributed by atoms with Crippen molar-refractivity contribution in [3.63, 3.8) is 0 Å². The fraction of sp³-hybridized carbons (Fsp3) is 0.455. The molecule has 2 aliphatic heterocycles. The molecule has 2 N–H and O–H groups in total. The summed E-state index contributed by atoms with van der Waals surface area (Å²) in [6.45, 7) is 13.2. The van der Waals surface area contributed by atoms with E-state index >= 15 is 0 Å². The van der Waals surface area contributed by atoms with Crippen LogP contribution in [-0.2, 0) is 17.8 Å². The second-order valence-corrected chi connectivity index (χ2v) is 11.4. The van der Waals surface area contributed by atoms with Crippen LogP contribution >= 0.6 is 0 Å². The maximum Gasteiger partial charge on any atom is 0.226 e. The molecule has 5 rings (SSSR count). The summed E-state index contributed by atoms with van der Waals surface area (Å²) < 4.78 is 6.20. The number of rotatable bonds is 7. The van der Waals surface area contributed by atoms with Crippen molar-refractivity contribution in [1.82, 2.24) is 14.8 Å². The Balaban J connectivity index is 1.20. The highest BCUT2D eigenvalue weighted by Crippen LogP contribution is 2.30. The molecule has 0 saturated carbocycles. The summed E-state index contributed by atoms with van der Waals surface area (Å²) in [5.41, 5.74) is 15.4. The van der Waals surface area contributed by atoms with Crippen LogP contribution in [0.25, 0.3) is 11.1 Å². The number of amides is 1. The second-order valence-electron chi connectivity index (χ2n) is 11.4. The number of nitrogens with two attached hydrogens (primary N) is 1. The van der Waals surface area contributed by atoms with Gasteiger partial charge in [0.2, 0.25) is 5.91 Å². The standard InChI is InChI=1S/C33H42N4O2/c1-22-17-23(2)25(4)30(24(22)3)21-39-31-19-28(20-35-33(31)34)27-9-7-26(8-10-27)18-32(38)37-15-11-29(12-16-37)36-13-5-6-14-36/h7-10,17,19-20,29H,5-6,11-16,18,21H2,1-4H3,(H2,34,35). The number of nitrogen functional groups attached to an aromatic ring is 1. The highest BCUT2D eigenvalue weighted by molar-refractivity contribution is 5.79. The lowest BCUT2D eigenvalue weighted by atomic mass is 9.95. The predicted molar refractivity (Wildman–Crippen MR) is 158 cm³/mol. The molecule has 0 unspecified atom stereocenters. The Morgan fingerprint density at radius 2 is 1.56 bits per heavy atom. The van der Waals surface area contributed by atoms with Gasteiger partial charge < -0.3 is 20.3 Å². The summed E-state index contributed by atoms with van der Waals surface area (Å²) in [5, 5.41) is 0. The molecule has 206 valence electrons. The number of benzene rings is 2. The second kappa shape index (κ2) is 11.8. The van der Waals surface area contributed by atoms with Gasteiger partial charge in [-0.1, -0.05) is 30.3 Å².